The predicted octanol–water partition coefficient (Wildman–Crippen LogP) is 1.66. The molecule has 1 saturated carbocycles. The van der Waals surface area contributed by atoms with Gasteiger partial charge in [-0.2, -0.15) is 5.26 Å². The molecule has 19 heavy (non-hydrogen) atoms. The summed E-state index contributed by atoms with van der Waals surface area (Å²) in [5.74, 6) is 0.150. The first kappa shape index (κ1) is 13.6. The lowest BCUT2D eigenvalue weighted by Crippen LogP contribution is -2.30. The van der Waals surface area contributed by atoms with E-state index in [-0.39, 0.29) is 5.91 Å². The lowest BCUT2D eigenvalue weighted by atomic mass is 10.1. The van der Waals surface area contributed by atoms with Crippen LogP contribution in [0.5, 0.6) is 0 Å². The predicted molar refractivity (Wildman–Crippen MR) is 73.3 cm³/mol. The smallest absolute Gasteiger partial charge is 0.223 e. The second-order valence-electron chi connectivity index (χ2n) is 5.04. The Morgan fingerprint density at radius 1 is 1.42 bits per heavy atom. The normalized spacial score (nSPS) is 13.9. The number of hydrogen-bond acceptors (Lipinski definition) is 3. The summed E-state index contributed by atoms with van der Waals surface area (Å²) in [7, 11) is 1.82. The summed E-state index contributed by atoms with van der Waals surface area (Å²) in [6.45, 7) is 1.36. The largest absolute Gasteiger partial charge is 0.341 e. The Bertz CT molecular complexity index is 471. The highest BCUT2D eigenvalue weighted by Gasteiger charge is 2.20. The monoisotopic (exact) mass is 257 g/mol. The van der Waals surface area contributed by atoms with E-state index in [2.05, 4.69) is 11.4 Å². The van der Waals surface area contributed by atoms with Gasteiger partial charge in [-0.25, -0.2) is 0 Å². The number of carbonyl (C=O) groups excluding carboxylic acids is 1. The molecule has 0 radical (unpaired) electrons. The van der Waals surface area contributed by atoms with Crippen LogP contribution in [0.4, 0.5) is 0 Å². The molecule has 4 nitrogen and oxygen atoms in total. The van der Waals surface area contributed by atoms with Crippen LogP contribution in [-0.2, 0) is 11.3 Å². The first-order chi connectivity index (χ1) is 9.19. The summed E-state index contributed by atoms with van der Waals surface area (Å²) in [5, 5.41) is 12.1. The van der Waals surface area contributed by atoms with Gasteiger partial charge in [0.15, 0.2) is 0 Å². The van der Waals surface area contributed by atoms with Crippen molar-refractivity contribution >= 4 is 5.91 Å². The molecule has 0 aliphatic heterocycles. The molecule has 100 valence electrons. The maximum atomic E-state index is 11.9. The number of carbonyl (C=O) groups is 1. The van der Waals surface area contributed by atoms with Crippen LogP contribution in [0.2, 0.25) is 0 Å². The van der Waals surface area contributed by atoms with Gasteiger partial charge in [0.25, 0.3) is 0 Å². The SMILES string of the molecule is CN(Cc1ccc(C#N)cc1)C(=O)CCNC1CC1. The Labute approximate surface area is 114 Å². The summed E-state index contributed by atoms with van der Waals surface area (Å²) in [4.78, 5) is 13.6. The third-order valence-electron chi connectivity index (χ3n) is 3.28. The summed E-state index contributed by atoms with van der Waals surface area (Å²) < 4.78 is 0. The highest BCUT2D eigenvalue weighted by Crippen LogP contribution is 2.18. The van der Waals surface area contributed by atoms with Gasteiger partial charge in [0.05, 0.1) is 11.6 Å². The number of nitrogens with zero attached hydrogens (tertiary/aromatic N) is 2. The maximum absolute atomic E-state index is 11.9. The summed E-state index contributed by atoms with van der Waals surface area (Å²) in [6.07, 6.45) is 3.04. The summed E-state index contributed by atoms with van der Waals surface area (Å²) >= 11 is 0. The number of amides is 1. The molecule has 0 atom stereocenters. The average molecular weight is 257 g/mol. The number of rotatable bonds is 6. The van der Waals surface area contributed by atoms with Crippen LogP contribution in [0.3, 0.4) is 0 Å². The van der Waals surface area contributed by atoms with Crippen molar-refractivity contribution in [3.8, 4) is 6.07 Å². The third-order valence-corrected chi connectivity index (χ3v) is 3.28. The van der Waals surface area contributed by atoms with Crippen molar-refractivity contribution in [2.75, 3.05) is 13.6 Å². The zero-order chi connectivity index (χ0) is 13.7. The van der Waals surface area contributed by atoms with E-state index in [4.69, 9.17) is 5.26 Å². The molecule has 1 aliphatic carbocycles. The highest BCUT2D eigenvalue weighted by molar-refractivity contribution is 5.76. The van der Waals surface area contributed by atoms with Crippen LogP contribution in [0.1, 0.15) is 30.4 Å². The molecule has 1 N–H and O–H groups in total. The lowest BCUT2D eigenvalue weighted by molar-refractivity contribution is -0.130. The first-order valence-corrected chi connectivity index (χ1v) is 6.65. The van der Waals surface area contributed by atoms with Crippen LogP contribution in [0.25, 0.3) is 0 Å². The molecule has 0 spiro atoms. The van der Waals surface area contributed by atoms with E-state index in [1.807, 2.05) is 19.2 Å². The Hall–Kier alpha value is -1.86. The molecule has 2 rings (SSSR count). The minimum Gasteiger partial charge on any atom is -0.341 e. The molecule has 0 saturated heterocycles. The quantitative estimate of drug-likeness (QED) is 0.843. The van der Waals surface area contributed by atoms with Crippen molar-refractivity contribution < 1.29 is 4.79 Å². The van der Waals surface area contributed by atoms with Crippen LogP contribution in [0.15, 0.2) is 24.3 Å². The van der Waals surface area contributed by atoms with Gasteiger partial charge in [0, 0.05) is 32.6 Å². The van der Waals surface area contributed by atoms with Gasteiger partial charge in [0.1, 0.15) is 0 Å². The molecule has 0 aromatic heterocycles. The fraction of sp³-hybridized carbons (Fsp3) is 0.467. The molecule has 1 fully saturated rings. The third kappa shape index (κ3) is 4.38. The van der Waals surface area contributed by atoms with Crippen molar-refractivity contribution in [2.45, 2.75) is 31.8 Å². The van der Waals surface area contributed by atoms with Crippen LogP contribution < -0.4 is 5.32 Å². The average Bonchev–Trinajstić information content (AvgIpc) is 3.23. The van der Waals surface area contributed by atoms with Gasteiger partial charge in [-0.3, -0.25) is 4.79 Å². The Balaban J connectivity index is 1.76. The number of hydrogen-bond donors (Lipinski definition) is 1. The van der Waals surface area contributed by atoms with E-state index in [0.717, 1.165) is 12.1 Å². The fourth-order valence-corrected chi connectivity index (χ4v) is 1.91. The zero-order valence-electron chi connectivity index (χ0n) is 11.2. The Kier molecular flexibility index (Phi) is 4.53. The van der Waals surface area contributed by atoms with Gasteiger partial charge < -0.3 is 10.2 Å². The molecule has 1 aromatic carbocycles. The van der Waals surface area contributed by atoms with Crippen molar-refractivity contribution in [1.29, 1.82) is 5.26 Å². The highest BCUT2D eigenvalue weighted by atomic mass is 16.2. The zero-order valence-corrected chi connectivity index (χ0v) is 11.2. The molecule has 0 heterocycles. The summed E-state index contributed by atoms with van der Waals surface area (Å²) in [6, 6.07) is 10.1. The van der Waals surface area contributed by atoms with E-state index in [1.54, 1.807) is 17.0 Å². The van der Waals surface area contributed by atoms with E-state index >= 15 is 0 Å². The second-order valence-corrected chi connectivity index (χ2v) is 5.04. The Morgan fingerprint density at radius 3 is 2.68 bits per heavy atom. The maximum Gasteiger partial charge on any atom is 0.223 e. The van der Waals surface area contributed by atoms with Crippen molar-refractivity contribution in [3.63, 3.8) is 0 Å². The summed E-state index contributed by atoms with van der Waals surface area (Å²) in [5.41, 5.74) is 1.69. The fourth-order valence-electron chi connectivity index (χ4n) is 1.91. The van der Waals surface area contributed by atoms with Crippen molar-refractivity contribution in [2.24, 2.45) is 0 Å². The van der Waals surface area contributed by atoms with E-state index in [1.165, 1.54) is 12.8 Å². The number of benzene rings is 1. The van der Waals surface area contributed by atoms with Gasteiger partial charge in [0.2, 0.25) is 5.91 Å². The van der Waals surface area contributed by atoms with E-state index < -0.39 is 0 Å². The van der Waals surface area contributed by atoms with E-state index in [0.29, 0.717) is 24.6 Å². The minimum absolute atomic E-state index is 0.150. The minimum atomic E-state index is 0.150. The number of nitrogens with one attached hydrogen (secondary N) is 1. The first-order valence-electron chi connectivity index (χ1n) is 6.65. The van der Waals surface area contributed by atoms with Crippen LogP contribution in [-0.4, -0.2) is 30.4 Å². The van der Waals surface area contributed by atoms with Crippen molar-refractivity contribution in [3.05, 3.63) is 35.4 Å². The molecule has 0 unspecified atom stereocenters. The number of nitriles is 1. The molecular formula is C15H19N3O. The topological polar surface area (TPSA) is 56.1 Å². The van der Waals surface area contributed by atoms with E-state index in [9.17, 15) is 4.79 Å². The molecule has 1 aromatic rings. The van der Waals surface area contributed by atoms with Crippen LogP contribution >= 0.6 is 0 Å². The van der Waals surface area contributed by atoms with Crippen molar-refractivity contribution in [1.82, 2.24) is 10.2 Å². The van der Waals surface area contributed by atoms with Gasteiger partial charge in [-0.05, 0) is 30.5 Å². The van der Waals surface area contributed by atoms with Gasteiger partial charge in [-0.1, -0.05) is 12.1 Å². The molecule has 0 bridgehead atoms. The van der Waals surface area contributed by atoms with Gasteiger partial charge in [-0.15, -0.1) is 0 Å². The second kappa shape index (κ2) is 6.35. The lowest BCUT2D eigenvalue weighted by Gasteiger charge is -2.17. The molecule has 1 amide bonds. The molecular weight excluding hydrogens is 238 g/mol. The molecule has 1 aliphatic rings. The molecule has 4 heteroatoms. The van der Waals surface area contributed by atoms with Crippen LogP contribution in [0, 0.1) is 11.3 Å². The standard InChI is InChI=1S/C15H19N3O/c1-18(15(19)8-9-17-14-6-7-14)11-13-4-2-12(10-16)3-5-13/h2-5,14,17H,6-9,11H2,1H3. The van der Waals surface area contributed by atoms with Gasteiger partial charge >= 0.3 is 0 Å². The Morgan fingerprint density at radius 2 is 2.11 bits per heavy atom.